The molecule has 10 heteroatoms. The van der Waals surface area contributed by atoms with Crippen molar-refractivity contribution in [3.8, 4) is 33.9 Å². The number of rotatable bonds is 8. The standard InChI is InChI=1S/C29H22ClN5O4/c1-36-21-12-10-18(11-13-21)25-26-28-33-24(16-38-32-15-20-6-3-4-9-23(20)30)34-35(28)17-31-29(26)39-27(25)19-7-5-8-22(14-19)37-2/h3-15,17H,16H2,1-2H3. The molecular weight excluding hydrogens is 518 g/mol. The second-order valence-electron chi connectivity index (χ2n) is 8.52. The smallest absolute Gasteiger partial charge is 0.232 e. The summed E-state index contributed by atoms with van der Waals surface area (Å²) in [6.07, 6.45) is 3.12. The molecule has 0 aliphatic carbocycles. The summed E-state index contributed by atoms with van der Waals surface area (Å²) >= 11 is 6.17. The molecule has 3 aromatic heterocycles. The van der Waals surface area contributed by atoms with Crippen molar-refractivity contribution in [1.82, 2.24) is 19.6 Å². The van der Waals surface area contributed by atoms with Crippen molar-refractivity contribution in [2.24, 2.45) is 5.16 Å². The Kier molecular flexibility index (Phi) is 6.56. The Hall–Kier alpha value is -4.89. The Morgan fingerprint density at radius 1 is 0.949 bits per heavy atom. The van der Waals surface area contributed by atoms with Gasteiger partial charge in [-0.05, 0) is 35.9 Å². The Morgan fingerprint density at radius 2 is 1.77 bits per heavy atom. The Labute approximate surface area is 228 Å². The van der Waals surface area contributed by atoms with Crippen LogP contribution in [0.4, 0.5) is 0 Å². The zero-order valence-corrected chi connectivity index (χ0v) is 21.8. The molecule has 3 aromatic carbocycles. The van der Waals surface area contributed by atoms with Crippen LogP contribution < -0.4 is 9.47 Å². The average molecular weight is 540 g/mol. The largest absolute Gasteiger partial charge is 0.497 e. The van der Waals surface area contributed by atoms with E-state index in [1.165, 1.54) is 0 Å². The van der Waals surface area contributed by atoms with Crippen LogP contribution in [0.15, 0.2) is 88.7 Å². The molecule has 0 aliphatic heterocycles. The van der Waals surface area contributed by atoms with Crippen molar-refractivity contribution in [2.75, 3.05) is 14.2 Å². The number of oxime groups is 1. The van der Waals surface area contributed by atoms with Crippen molar-refractivity contribution < 1.29 is 18.7 Å². The second kappa shape index (κ2) is 10.5. The van der Waals surface area contributed by atoms with Gasteiger partial charge in [0.2, 0.25) is 5.71 Å². The predicted molar refractivity (Wildman–Crippen MR) is 148 cm³/mol. The van der Waals surface area contributed by atoms with Gasteiger partial charge in [-0.15, -0.1) is 5.10 Å². The summed E-state index contributed by atoms with van der Waals surface area (Å²) in [4.78, 5) is 14.7. The van der Waals surface area contributed by atoms with Crippen LogP contribution in [0.25, 0.3) is 39.2 Å². The van der Waals surface area contributed by atoms with E-state index in [0.717, 1.165) is 33.4 Å². The minimum absolute atomic E-state index is 0.0581. The lowest BCUT2D eigenvalue weighted by atomic mass is 9.99. The van der Waals surface area contributed by atoms with Crippen LogP contribution in [0.1, 0.15) is 11.4 Å². The van der Waals surface area contributed by atoms with E-state index in [1.54, 1.807) is 37.3 Å². The molecule has 9 nitrogen and oxygen atoms in total. The molecule has 6 rings (SSSR count). The molecular formula is C29H22ClN5O4. The number of methoxy groups -OCH3 is 2. The topological polar surface area (TPSA) is 96.3 Å². The van der Waals surface area contributed by atoms with Crippen molar-refractivity contribution in [2.45, 2.75) is 6.61 Å². The molecule has 0 aliphatic rings. The van der Waals surface area contributed by atoms with Crippen molar-refractivity contribution >= 4 is 34.6 Å². The highest BCUT2D eigenvalue weighted by atomic mass is 35.5. The number of furan rings is 1. The van der Waals surface area contributed by atoms with Crippen LogP contribution in [0.2, 0.25) is 5.02 Å². The molecule has 0 saturated carbocycles. The van der Waals surface area contributed by atoms with E-state index in [4.69, 9.17) is 35.3 Å². The lowest BCUT2D eigenvalue weighted by molar-refractivity contribution is 0.126. The van der Waals surface area contributed by atoms with Gasteiger partial charge in [0.05, 0.1) is 25.8 Å². The van der Waals surface area contributed by atoms with E-state index in [9.17, 15) is 0 Å². The molecule has 0 atom stereocenters. The molecule has 0 N–H and O–H groups in total. The maximum absolute atomic E-state index is 6.33. The molecule has 0 saturated heterocycles. The zero-order valence-electron chi connectivity index (χ0n) is 21.0. The zero-order chi connectivity index (χ0) is 26.8. The SMILES string of the molecule is COc1ccc(-c2c(-c3cccc(OC)c3)oc3ncn4nc(CON=Cc5ccccc5Cl)nc4c23)cc1. The summed E-state index contributed by atoms with van der Waals surface area (Å²) < 4.78 is 18.7. The summed E-state index contributed by atoms with van der Waals surface area (Å²) in [5.41, 5.74) is 4.34. The van der Waals surface area contributed by atoms with Gasteiger partial charge in [-0.1, -0.05) is 59.2 Å². The molecule has 39 heavy (non-hydrogen) atoms. The number of nitrogens with zero attached hydrogens (tertiary/aromatic N) is 5. The van der Waals surface area contributed by atoms with Gasteiger partial charge < -0.3 is 18.7 Å². The third-order valence-electron chi connectivity index (χ3n) is 6.15. The van der Waals surface area contributed by atoms with Crippen molar-refractivity contribution in [3.63, 3.8) is 0 Å². The second-order valence-corrected chi connectivity index (χ2v) is 8.92. The maximum Gasteiger partial charge on any atom is 0.232 e. The van der Waals surface area contributed by atoms with Gasteiger partial charge in [0.25, 0.3) is 0 Å². The maximum atomic E-state index is 6.33. The van der Waals surface area contributed by atoms with Gasteiger partial charge in [-0.25, -0.2) is 14.5 Å². The van der Waals surface area contributed by atoms with Gasteiger partial charge in [0.15, 0.2) is 18.1 Å². The number of halogens is 1. The van der Waals surface area contributed by atoms with Gasteiger partial charge >= 0.3 is 0 Å². The lowest BCUT2D eigenvalue weighted by Gasteiger charge is -2.07. The number of fused-ring (bicyclic) bond motifs is 3. The molecule has 0 fully saturated rings. The van der Waals surface area contributed by atoms with Gasteiger partial charge in [-0.3, -0.25) is 0 Å². The Morgan fingerprint density at radius 3 is 2.56 bits per heavy atom. The first-order valence-corrected chi connectivity index (χ1v) is 12.4. The fourth-order valence-corrected chi connectivity index (χ4v) is 4.46. The Balaban J connectivity index is 1.43. The van der Waals surface area contributed by atoms with E-state index >= 15 is 0 Å². The molecule has 0 bridgehead atoms. The highest BCUT2D eigenvalue weighted by Gasteiger charge is 2.23. The number of hydrogen-bond donors (Lipinski definition) is 0. The van der Waals surface area contributed by atoms with Crippen LogP contribution in [0, 0.1) is 0 Å². The van der Waals surface area contributed by atoms with Crippen LogP contribution in [-0.2, 0) is 11.4 Å². The lowest BCUT2D eigenvalue weighted by Crippen LogP contribution is -1.93. The third kappa shape index (κ3) is 4.75. The average Bonchev–Trinajstić information content (AvgIpc) is 3.57. The highest BCUT2D eigenvalue weighted by molar-refractivity contribution is 6.33. The van der Waals surface area contributed by atoms with E-state index in [0.29, 0.717) is 33.7 Å². The van der Waals surface area contributed by atoms with Crippen LogP contribution in [-0.4, -0.2) is 40.0 Å². The Bertz CT molecular complexity index is 1810. The summed E-state index contributed by atoms with van der Waals surface area (Å²) in [5, 5.41) is 9.85. The van der Waals surface area contributed by atoms with Crippen LogP contribution >= 0.6 is 11.6 Å². The summed E-state index contributed by atoms with van der Waals surface area (Å²) in [6, 6.07) is 22.8. The fraction of sp³-hybridized carbons (Fsp3) is 0.103. The number of hydrogen-bond acceptors (Lipinski definition) is 8. The number of aromatic nitrogens is 4. The first-order chi connectivity index (χ1) is 19.1. The van der Waals surface area contributed by atoms with Crippen molar-refractivity contribution in [1.29, 1.82) is 0 Å². The molecule has 0 unspecified atom stereocenters. The molecule has 194 valence electrons. The monoisotopic (exact) mass is 539 g/mol. The fourth-order valence-electron chi connectivity index (χ4n) is 4.27. The minimum Gasteiger partial charge on any atom is -0.497 e. The summed E-state index contributed by atoms with van der Waals surface area (Å²) in [7, 11) is 3.27. The van der Waals surface area contributed by atoms with E-state index in [2.05, 4.69) is 15.2 Å². The molecule has 0 spiro atoms. The van der Waals surface area contributed by atoms with E-state index in [1.807, 2.05) is 66.7 Å². The van der Waals surface area contributed by atoms with E-state index in [-0.39, 0.29) is 6.61 Å². The van der Waals surface area contributed by atoms with Gasteiger partial charge in [0, 0.05) is 21.7 Å². The van der Waals surface area contributed by atoms with Gasteiger partial charge in [-0.2, -0.15) is 0 Å². The molecule has 3 heterocycles. The van der Waals surface area contributed by atoms with Crippen LogP contribution in [0.5, 0.6) is 11.5 Å². The number of ether oxygens (including phenoxy) is 2. The summed E-state index contributed by atoms with van der Waals surface area (Å²) in [5.74, 6) is 2.54. The first-order valence-electron chi connectivity index (χ1n) is 12.0. The van der Waals surface area contributed by atoms with Crippen LogP contribution in [0.3, 0.4) is 0 Å². The quantitative estimate of drug-likeness (QED) is 0.162. The minimum atomic E-state index is 0.0581. The highest BCUT2D eigenvalue weighted by Crippen LogP contribution is 2.42. The van der Waals surface area contributed by atoms with Gasteiger partial charge in [0.1, 0.15) is 23.6 Å². The number of benzene rings is 3. The van der Waals surface area contributed by atoms with Crippen molar-refractivity contribution in [3.05, 3.63) is 95.5 Å². The summed E-state index contributed by atoms with van der Waals surface area (Å²) in [6.45, 7) is 0.0581. The normalized spacial score (nSPS) is 11.5. The third-order valence-corrected chi connectivity index (χ3v) is 6.49. The molecule has 6 aromatic rings. The van der Waals surface area contributed by atoms with E-state index < -0.39 is 0 Å². The first kappa shape index (κ1) is 24.4. The predicted octanol–water partition coefficient (Wildman–Crippen LogP) is 6.43. The molecule has 0 amide bonds. The molecule has 0 radical (unpaired) electrons.